The molecule has 0 saturated carbocycles. The number of nitrogens with two attached hydrogens (primary N) is 1. The summed E-state index contributed by atoms with van der Waals surface area (Å²) < 4.78 is 7.56. The quantitative estimate of drug-likeness (QED) is 0.882. The van der Waals surface area contributed by atoms with Crippen molar-refractivity contribution in [2.24, 2.45) is 0 Å². The number of nitrogen functional groups attached to an aromatic ring is 1. The molecule has 2 N–H and O–H groups in total. The molecule has 112 valence electrons. The minimum atomic E-state index is -0.0211. The van der Waals surface area contributed by atoms with Crippen LogP contribution in [-0.4, -0.2) is 36.6 Å². The molecule has 1 aliphatic heterocycles. The van der Waals surface area contributed by atoms with E-state index in [-0.39, 0.29) is 18.1 Å². The Kier molecular flexibility index (Phi) is 3.94. The lowest BCUT2D eigenvalue weighted by molar-refractivity contribution is 0.0579. The summed E-state index contributed by atoms with van der Waals surface area (Å²) in [6, 6.07) is 6.00. The highest BCUT2D eigenvalue weighted by Gasteiger charge is 2.32. The predicted octanol–water partition coefficient (Wildman–Crippen LogP) is 3.50. The molecule has 1 amide bonds. The smallest absolute Gasteiger partial charge is 0.266 e. The van der Waals surface area contributed by atoms with Crippen molar-refractivity contribution in [3.05, 3.63) is 27.5 Å². The molecule has 2 atom stereocenters. The summed E-state index contributed by atoms with van der Waals surface area (Å²) in [5, 5.41) is 0.940. The molecule has 4 nitrogen and oxygen atoms in total. The molecular formula is C15H17BrN2O2S. The molecular weight excluding hydrogens is 352 g/mol. The highest BCUT2D eigenvalue weighted by Crippen LogP contribution is 2.36. The minimum Gasteiger partial charge on any atom is -0.397 e. The summed E-state index contributed by atoms with van der Waals surface area (Å²) in [5.74, 6) is -0.0211. The first-order valence-electron chi connectivity index (χ1n) is 6.85. The molecule has 0 radical (unpaired) electrons. The normalized spacial score (nSPS) is 21.9. The fraction of sp³-hybridized carbons (Fsp3) is 0.400. The van der Waals surface area contributed by atoms with Crippen molar-refractivity contribution in [1.29, 1.82) is 0 Å². The number of nitrogens with zero attached hydrogens (tertiary/aromatic N) is 1. The van der Waals surface area contributed by atoms with E-state index in [1.807, 2.05) is 32.2 Å². The molecule has 2 heterocycles. The average molecular weight is 369 g/mol. The van der Waals surface area contributed by atoms with Gasteiger partial charge in [0.2, 0.25) is 0 Å². The summed E-state index contributed by atoms with van der Waals surface area (Å²) in [7, 11) is 1.83. The Morgan fingerprint density at radius 1 is 1.52 bits per heavy atom. The maximum Gasteiger partial charge on any atom is 0.266 e. The topological polar surface area (TPSA) is 55.6 Å². The number of anilines is 1. The van der Waals surface area contributed by atoms with E-state index in [9.17, 15) is 4.79 Å². The van der Waals surface area contributed by atoms with Crippen LogP contribution in [0.3, 0.4) is 0 Å². The maximum atomic E-state index is 12.7. The number of fused-ring (bicyclic) bond motifs is 1. The Hall–Kier alpha value is -1.11. The Morgan fingerprint density at radius 3 is 2.95 bits per heavy atom. The van der Waals surface area contributed by atoms with Gasteiger partial charge in [0.15, 0.2) is 0 Å². The summed E-state index contributed by atoms with van der Waals surface area (Å²) in [6.45, 7) is 2.71. The van der Waals surface area contributed by atoms with Gasteiger partial charge < -0.3 is 15.4 Å². The van der Waals surface area contributed by atoms with Gasteiger partial charge >= 0.3 is 0 Å². The molecule has 6 heteroatoms. The zero-order valence-electron chi connectivity index (χ0n) is 11.9. The number of likely N-dealkylation sites (N-methyl/N-ethyl adjacent to an activating group) is 1. The van der Waals surface area contributed by atoms with Crippen molar-refractivity contribution >= 4 is 48.9 Å². The second-order valence-electron chi connectivity index (χ2n) is 5.33. The second-order valence-corrected chi connectivity index (χ2v) is 7.30. The zero-order chi connectivity index (χ0) is 15.1. The number of benzene rings is 1. The van der Waals surface area contributed by atoms with Crippen LogP contribution in [0, 0.1) is 0 Å². The van der Waals surface area contributed by atoms with Crippen molar-refractivity contribution in [2.75, 3.05) is 19.4 Å². The first-order valence-corrected chi connectivity index (χ1v) is 8.46. The predicted molar refractivity (Wildman–Crippen MR) is 89.8 cm³/mol. The van der Waals surface area contributed by atoms with Crippen LogP contribution in [0.25, 0.3) is 10.1 Å². The van der Waals surface area contributed by atoms with Crippen molar-refractivity contribution in [1.82, 2.24) is 4.90 Å². The number of carbonyl (C=O) groups excluding carboxylic acids is 1. The lowest BCUT2D eigenvalue weighted by Crippen LogP contribution is -2.40. The van der Waals surface area contributed by atoms with Gasteiger partial charge in [-0.15, -0.1) is 11.3 Å². The van der Waals surface area contributed by atoms with Crippen LogP contribution in [0.4, 0.5) is 5.69 Å². The average Bonchev–Trinajstić information content (AvgIpc) is 3.01. The summed E-state index contributed by atoms with van der Waals surface area (Å²) >= 11 is 4.90. The van der Waals surface area contributed by atoms with E-state index in [4.69, 9.17) is 10.5 Å². The van der Waals surface area contributed by atoms with E-state index in [0.717, 1.165) is 21.0 Å². The lowest BCUT2D eigenvalue weighted by atomic mass is 10.1. The standard InChI is InChI=1S/C15H17BrN2O2S/c1-8-11(5-6-20-8)18(2)15(19)14-13(17)10-4-3-9(16)7-12(10)21-14/h3-4,7-8,11H,5-6,17H2,1-2H3. The van der Waals surface area contributed by atoms with Crippen LogP contribution in [0.1, 0.15) is 23.0 Å². The number of hydrogen-bond acceptors (Lipinski definition) is 4. The summed E-state index contributed by atoms with van der Waals surface area (Å²) in [6.07, 6.45) is 0.948. The van der Waals surface area contributed by atoms with E-state index in [1.165, 1.54) is 11.3 Å². The third-order valence-corrected chi connectivity index (χ3v) is 5.69. The number of halogens is 1. The summed E-state index contributed by atoms with van der Waals surface area (Å²) in [4.78, 5) is 15.1. The molecule has 0 spiro atoms. The van der Waals surface area contributed by atoms with Gasteiger partial charge in [-0.2, -0.15) is 0 Å². The van der Waals surface area contributed by atoms with E-state index < -0.39 is 0 Å². The molecule has 1 aliphatic rings. The van der Waals surface area contributed by atoms with Gasteiger partial charge in [0.1, 0.15) is 4.88 Å². The summed E-state index contributed by atoms with van der Waals surface area (Å²) in [5.41, 5.74) is 6.75. The highest BCUT2D eigenvalue weighted by atomic mass is 79.9. The molecule has 1 fully saturated rings. The van der Waals surface area contributed by atoms with Crippen molar-refractivity contribution in [3.63, 3.8) is 0 Å². The van der Waals surface area contributed by atoms with E-state index in [2.05, 4.69) is 15.9 Å². The van der Waals surface area contributed by atoms with Crippen LogP contribution in [0.15, 0.2) is 22.7 Å². The number of hydrogen-bond donors (Lipinski definition) is 1. The molecule has 1 aromatic heterocycles. The Balaban J connectivity index is 1.96. The maximum absolute atomic E-state index is 12.7. The van der Waals surface area contributed by atoms with Gasteiger partial charge in [-0.25, -0.2) is 0 Å². The number of rotatable bonds is 2. The molecule has 2 aromatic rings. The third-order valence-electron chi connectivity index (χ3n) is 4.04. The van der Waals surface area contributed by atoms with Crippen LogP contribution in [-0.2, 0) is 4.74 Å². The molecule has 1 aromatic carbocycles. The van der Waals surface area contributed by atoms with Gasteiger partial charge in [0, 0.05) is 28.2 Å². The van der Waals surface area contributed by atoms with Crippen molar-refractivity contribution in [2.45, 2.75) is 25.5 Å². The monoisotopic (exact) mass is 368 g/mol. The number of carbonyl (C=O) groups is 1. The second kappa shape index (κ2) is 5.59. The minimum absolute atomic E-state index is 0.0211. The molecule has 0 bridgehead atoms. The van der Waals surface area contributed by atoms with Gasteiger partial charge in [0.05, 0.1) is 17.8 Å². The van der Waals surface area contributed by atoms with Gasteiger partial charge in [-0.3, -0.25) is 4.79 Å². The van der Waals surface area contributed by atoms with Crippen LogP contribution in [0.5, 0.6) is 0 Å². The molecule has 21 heavy (non-hydrogen) atoms. The van der Waals surface area contributed by atoms with E-state index in [1.54, 1.807) is 4.90 Å². The number of ether oxygens (including phenoxy) is 1. The fourth-order valence-electron chi connectivity index (χ4n) is 2.79. The first-order chi connectivity index (χ1) is 9.99. The Morgan fingerprint density at radius 2 is 2.29 bits per heavy atom. The fourth-order valence-corrected chi connectivity index (χ4v) is 4.45. The third kappa shape index (κ3) is 2.56. The largest absolute Gasteiger partial charge is 0.397 e. The molecule has 1 saturated heterocycles. The van der Waals surface area contributed by atoms with Gasteiger partial charge in [0.25, 0.3) is 5.91 Å². The van der Waals surface area contributed by atoms with Crippen LogP contribution < -0.4 is 5.73 Å². The zero-order valence-corrected chi connectivity index (χ0v) is 14.3. The number of thiophene rings is 1. The molecule has 2 unspecified atom stereocenters. The SMILES string of the molecule is CC1OCCC1N(C)C(=O)c1sc2cc(Br)ccc2c1N. The van der Waals surface area contributed by atoms with E-state index >= 15 is 0 Å². The Labute approximate surface area is 136 Å². The first kappa shape index (κ1) is 14.8. The number of amides is 1. The van der Waals surface area contributed by atoms with Gasteiger partial charge in [-0.1, -0.05) is 22.0 Å². The van der Waals surface area contributed by atoms with Crippen molar-refractivity contribution < 1.29 is 9.53 Å². The molecule has 0 aliphatic carbocycles. The van der Waals surface area contributed by atoms with E-state index in [0.29, 0.717) is 17.2 Å². The molecule has 3 rings (SSSR count). The Bertz CT molecular complexity index is 700. The van der Waals surface area contributed by atoms with Crippen LogP contribution >= 0.6 is 27.3 Å². The van der Waals surface area contributed by atoms with Crippen molar-refractivity contribution in [3.8, 4) is 0 Å². The van der Waals surface area contributed by atoms with Crippen LogP contribution in [0.2, 0.25) is 0 Å². The highest BCUT2D eigenvalue weighted by molar-refractivity contribution is 9.10. The van der Waals surface area contributed by atoms with Gasteiger partial charge in [-0.05, 0) is 25.5 Å². The lowest BCUT2D eigenvalue weighted by Gasteiger charge is -2.26.